The van der Waals surface area contributed by atoms with E-state index in [0.29, 0.717) is 0 Å². The Bertz CT molecular complexity index is 586. The summed E-state index contributed by atoms with van der Waals surface area (Å²) in [7, 11) is -3.81. The van der Waals surface area contributed by atoms with Crippen molar-refractivity contribution < 1.29 is 17.9 Å². The number of carbonyl (C=O) groups is 1. The molecular formula is C13H18ClNO4S. The fraction of sp³-hybridized carbons (Fsp3) is 0.462. The molecule has 0 amide bonds. The van der Waals surface area contributed by atoms with E-state index in [9.17, 15) is 13.2 Å². The first-order chi connectivity index (χ1) is 9.32. The topological polar surface area (TPSA) is 63.7 Å². The zero-order valence-electron chi connectivity index (χ0n) is 11.7. The third kappa shape index (κ3) is 3.94. The van der Waals surface area contributed by atoms with Crippen molar-refractivity contribution in [2.75, 3.05) is 19.7 Å². The molecule has 0 saturated carbocycles. The van der Waals surface area contributed by atoms with Gasteiger partial charge in [0, 0.05) is 6.54 Å². The average Bonchev–Trinajstić information content (AvgIpc) is 2.35. The number of carbonyl (C=O) groups excluding carboxylic acids is 1. The summed E-state index contributed by atoms with van der Waals surface area (Å²) in [6.07, 6.45) is 0. The van der Waals surface area contributed by atoms with E-state index in [1.807, 2.05) is 6.92 Å². The van der Waals surface area contributed by atoms with Crippen LogP contribution in [0.1, 0.15) is 19.4 Å². The fourth-order valence-electron chi connectivity index (χ4n) is 1.67. The van der Waals surface area contributed by atoms with E-state index < -0.39 is 16.0 Å². The van der Waals surface area contributed by atoms with Gasteiger partial charge in [-0.3, -0.25) is 4.79 Å². The van der Waals surface area contributed by atoms with Crippen molar-refractivity contribution in [2.45, 2.75) is 25.7 Å². The number of hydrogen-bond donors (Lipinski definition) is 0. The zero-order valence-corrected chi connectivity index (χ0v) is 13.3. The SMILES string of the molecule is CCOC(=O)CN(CC)S(=O)(=O)c1ccc(C)cc1Cl. The summed E-state index contributed by atoms with van der Waals surface area (Å²) in [5, 5.41) is 0.146. The summed E-state index contributed by atoms with van der Waals surface area (Å²) in [6.45, 7) is 5.18. The van der Waals surface area contributed by atoms with Gasteiger partial charge in [0.2, 0.25) is 10.0 Å². The smallest absolute Gasteiger partial charge is 0.321 e. The highest BCUT2D eigenvalue weighted by molar-refractivity contribution is 7.89. The number of nitrogens with zero attached hydrogens (tertiary/aromatic N) is 1. The van der Waals surface area contributed by atoms with Gasteiger partial charge in [0.15, 0.2) is 0 Å². The third-order valence-corrected chi connectivity index (χ3v) is 5.07. The Morgan fingerprint density at radius 1 is 1.35 bits per heavy atom. The molecule has 0 saturated heterocycles. The standard InChI is InChI=1S/C13H18ClNO4S/c1-4-15(9-13(16)19-5-2)20(17,18)12-7-6-10(3)8-11(12)14/h6-8H,4-5,9H2,1-3H3. The highest BCUT2D eigenvalue weighted by Gasteiger charge is 2.27. The Kier molecular flexibility index (Phi) is 5.98. The maximum Gasteiger partial charge on any atom is 0.321 e. The fourth-order valence-corrected chi connectivity index (χ4v) is 3.64. The van der Waals surface area contributed by atoms with E-state index >= 15 is 0 Å². The highest BCUT2D eigenvalue weighted by atomic mass is 35.5. The quantitative estimate of drug-likeness (QED) is 0.754. The molecule has 0 aromatic heterocycles. The number of benzene rings is 1. The second-order valence-corrected chi connectivity index (χ2v) is 6.48. The lowest BCUT2D eigenvalue weighted by molar-refractivity contribution is -0.143. The molecule has 0 N–H and O–H groups in total. The second kappa shape index (κ2) is 7.06. The number of ether oxygens (including phenoxy) is 1. The van der Waals surface area contributed by atoms with Crippen LogP contribution in [-0.2, 0) is 19.6 Å². The van der Waals surface area contributed by atoms with Crippen LogP contribution in [0.5, 0.6) is 0 Å². The average molecular weight is 320 g/mol. The molecule has 0 fully saturated rings. The minimum absolute atomic E-state index is 0.00378. The lowest BCUT2D eigenvalue weighted by Gasteiger charge is -2.20. The van der Waals surface area contributed by atoms with Gasteiger partial charge in [-0.05, 0) is 31.5 Å². The lowest BCUT2D eigenvalue weighted by Crippen LogP contribution is -2.36. The van der Waals surface area contributed by atoms with Crippen LogP contribution in [0.2, 0.25) is 5.02 Å². The van der Waals surface area contributed by atoms with E-state index in [2.05, 4.69) is 0 Å². The monoisotopic (exact) mass is 319 g/mol. The van der Waals surface area contributed by atoms with Gasteiger partial charge in [-0.2, -0.15) is 4.31 Å². The normalized spacial score (nSPS) is 11.7. The number of halogens is 1. The summed E-state index contributed by atoms with van der Waals surface area (Å²) in [4.78, 5) is 11.5. The minimum Gasteiger partial charge on any atom is -0.465 e. The molecule has 7 heteroatoms. The Hall–Kier alpha value is -1.11. The first kappa shape index (κ1) is 16.9. The van der Waals surface area contributed by atoms with E-state index in [1.54, 1.807) is 26.0 Å². The predicted molar refractivity (Wildman–Crippen MR) is 77.3 cm³/mol. The van der Waals surface area contributed by atoms with Crippen LogP contribution in [0.3, 0.4) is 0 Å². The van der Waals surface area contributed by atoms with Crippen molar-refractivity contribution in [3.63, 3.8) is 0 Å². The van der Waals surface area contributed by atoms with Gasteiger partial charge in [-0.15, -0.1) is 0 Å². The Morgan fingerprint density at radius 3 is 2.50 bits per heavy atom. The van der Waals surface area contributed by atoms with Crippen molar-refractivity contribution in [2.24, 2.45) is 0 Å². The largest absolute Gasteiger partial charge is 0.465 e. The molecule has 0 atom stereocenters. The first-order valence-electron chi connectivity index (χ1n) is 6.24. The highest BCUT2D eigenvalue weighted by Crippen LogP contribution is 2.25. The van der Waals surface area contributed by atoms with Crippen LogP contribution in [0, 0.1) is 6.92 Å². The summed E-state index contributed by atoms with van der Waals surface area (Å²) in [5.74, 6) is -0.582. The van der Waals surface area contributed by atoms with E-state index in [4.69, 9.17) is 16.3 Å². The van der Waals surface area contributed by atoms with Crippen molar-refractivity contribution in [3.8, 4) is 0 Å². The number of esters is 1. The summed E-state index contributed by atoms with van der Waals surface area (Å²) in [5.41, 5.74) is 0.863. The van der Waals surface area contributed by atoms with Crippen molar-refractivity contribution in [3.05, 3.63) is 28.8 Å². The van der Waals surface area contributed by atoms with Crippen LogP contribution in [-0.4, -0.2) is 38.4 Å². The maximum atomic E-state index is 12.5. The van der Waals surface area contributed by atoms with Crippen LogP contribution in [0.15, 0.2) is 23.1 Å². The Balaban J connectivity index is 3.09. The second-order valence-electron chi connectivity index (χ2n) is 4.17. The van der Waals surface area contributed by atoms with E-state index in [-0.39, 0.29) is 29.6 Å². The van der Waals surface area contributed by atoms with Crippen molar-refractivity contribution >= 4 is 27.6 Å². The number of likely N-dealkylation sites (N-methyl/N-ethyl adjacent to an activating group) is 1. The first-order valence-corrected chi connectivity index (χ1v) is 8.06. The van der Waals surface area contributed by atoms with Gasteiger partial charge in [-0.1, -0.05) is 24.6 Å². The van der Waals surface area contributed by atoms with Gasteiger partial charge >= 0.3 is 5.97 Å². The van der Waals surface area contributed by atoms with Crippen LogP contribution >= 0.6 is 11.6 Å². The molecule has 1 aromatic rings. The van der Waals surface area contributed by atoms with Crippen LogP contribution in [0.4, 0.5) is 0 Å². The van der Waals surface area contributed by atoms with E-state index in [1.165, 1.54) is 6.07 Å². The van der Waals surface area contributed by atoms with Gasteiger partial charge in [-0.25, -0.2) is 8.42 Å². The molecule has 0 aliphatic carbocycles. The predicted octanol–water partition coefficient (Wildman–Crippen LogP) is 2.22. The zero-order chi connectivity index (χ0) is 15.3. The minimum atomic E-state index is -3.81. The summed E-state index contributed by atoms with van der Waals surface area (Å²) in [6, 6.07) is 4.68. The maximum absolute atomic E-state index is 12.5. The lowest BCUT2D eigenvalue weighted by atomic mass is 10.2. The molecular weight excluding hydrogens is 302 g/mol. The molecule has 0 aliphatic rings. The Morgan fingerprint density at radius 2 is 2.00 bits per heavy atom. The summed E-state index contributed by atoms with van der Waals surface area (Å²) >= 11 is 5.99. The number of sulfonamides is 1. The molecule has 1 rings (SSSR count). The number of rotatable bonds is 6. The molecule has 0 spiro atoms. The molecule has 20 heavy (non-hydrogen) atoms. The number of aryl methyl sites for hydroxylation is 1. The third-order valence-electron chi connectivity index (χ3n) is 2.67. The van der Waals surface area contributed by atoms with E-state index in [0.717, 1.165) is 9.87 Å². The van der Waals surface area contributed by atoms with Gasteiger partial charge in [0.25, 0.3) is 0 Å². The molecule has 1 aromatic carbocycles. The van der Waals surface area contributed by atoms with Crippen molar-refractivity contribution in [1.82, 2.24) is 4.31 Å². The molecule has 0 bridgehead atoms. The van der Waals surface area contributed by atoms with Gasteiger partial charge < -0.3 is 4.74 Å². The molecule has 5 nitrogen and oxygen atoms in total. The molecule has 0 unspecified atom stereocenters. The van der Waals surface area contributed by atoms with Crippen LogP contribution in [0.25, 0.3) is 0 Å². The van der Waals surface area contributed by atoms with Gasteiger partial charge in [0.05, 0.1) is 11.6 Å². The molecule has 0 radical (unpaired) electrons. The van der Waals surface area contributed by atoms with Gasteiger partial charge in [0.1, 0.15) is 11.4 Å². The van der Waals surface area contributed by atoms with Crippen molar-refractivity contribution in [1.29, 1.82) is 0 Å². The molecule has 112 valence electrons. The summed E-state index contributed by atoms with van der Waals surface area (Å²) < 4.78 is 30.8. The number of hydrogen-bond acceptors (Lipinski definition) is 4. The Labute approximate surface area is 124 Å². The molecule has 0 heterocycles. The molecule has 0 aliphatic heterocycles. The van der Waals surface area contributed by atoms with Crippen LogP contribution < -0.4 is 0 Å².